The van der Waals surface area contributed by atoms with E-state index in [0.717, 1.165) is 44.7 Å². The van der Waals surface area contributed by atoms with E-state index < -0.39 is 0 Å². The van der Waals surface area contributed by atoms with Gasteiger partial charge in [0.05, 0.1) is 5.60 Å². The lowest BCUT2D eigenvalue weighted by atomic mass is 9.74. The van der Waals surface area contributed by atoms with E-state index >= 15 is 0 Å². The minimum Gasteiger partial charge on any atom is -0.375 e. The van der Waals surface area contributed by atoms with Crippen molar-refractivity contribution >= 4 is 35.8 Å². The lowest BCUT2D eigenvalue weighted by Gasteiger charge is -2.47. The molecule has 2 aliphatic carbocycles. The molecule has 2 N–H and O–H groups in total. The molecule has 6 nitrogen and oxygen atoms in total. The molecule has 1 aromatic carbocycles. The molecule has 2 unspecified atom stereocenters. The first-order valence-electron chi connectivity index (χ1n) is 11.0. The number of amides is 1. The van der Waals surface area contributed by atoms with Crippen LogP contribution in [-0.4, -0.2) is 61.7 Å². The smallest absolute Gasteiger partial charge is 0.243 e. The third-order valence-corrected chi connectivity index (χ3v) is 6.66. The van der Waals surface area contributed by atoms with E-state index in [1.807, 2.05) is 0 Å². The minimum absolute atomic E-state index is 0. The molecule has 1 saturated heterocycles. The summed E-state index contributed by atoms with van der Waals surface area (Å²) in [4.78, 5) is 18.3. The molecular weight excluding hydrogens is 491 g/mol. The number of guanidine groups is 1. The molecule has 30 heavy (non-hydrogen) atoms. The molecule has 2 fully saturated rings. The Kier molecular flexibility index (Phi) is 8.01. The van der Waals surface area contributed by atoms with Crippen LogP contribution in [0.2, 0.25) is 0 Å². The van der Waals surface area contributed by atoms with Crippen molar-refractivity contribution in [1.29, 1.82) is 0 Å². The molecule has 1 heterocycles. The molecule has 0 radical (unpaired) electrons. The molecule has 3 aliphatic rings. The lowest BCUT2D eigenvalue weighted by Crippen LogP contribution is -2.55. The van der Waals surface area contributed by atoms with E-state index in [9.17, 15) is 4.79 Å². The van der Waals surface area contributed by atoms with Gasteiger partial charge in [-0.25, -0.2) is 4.99 Å². The monoisotopic (exact) mass is 526 g/mol. The van der Waals surface area contributed by atoms with Crippen molar-refractivity contribution in [3.8, 4) is 0 Å². The van der Waals surface area contributed by atoms with E-state index in [1.165, 1.54) is 30.4 Å². The summed E-state index contributed by atoms with van der Waals surface area (Å²) in [6.45, 7) is 0.971. The molecule has 7 heteroatoms. The number of halogens is 1. The summed E-state index contributed by atoms with van der Waals surface area (Å²) >= 11 is 0. The van der Waals surface area contributed by atoms with Gasteiger partial charge in [0.25, 0.3) is 0 Å². The predicted octanol–water partition coefficient (Wildman–Crippen LogP) is 2.89. The molecule has 2 atom stereocenters. The van der Waals surface area contributed by atoms with Gasteiger partial charge in [0.15, 0.2) is 5.96 Å². The van der Waals surface area contributed by atoms with E-state index in [2.05, 4.69) is 39.9 Å². The molecule has 0 bridgehead atoms. The standard InChI is InChI=1S/C23H34N4O2.HI/c1-27(2)21(28)16-24-22(26-20-10-13-29-23(15-20)11-5-12-23)25-19-9-8-17-6-3-4-7-18(17)14-19;/h3-4,6-7,19-20H,5,8-16H2,1-2H3,(H2,24,25,26);1H. The fourth-order valence-electron chi connectivity index (χ4n) is 4.70. The Hall–Kier alpha value is -1.35. The number of rotatable bonds is 4. The zero-order valence-electron chi connectivity index (χ0n) is 18.2. The Morgan fingerprint density at radius 1 is 1.17 bits per heavy atom. The van der Waals surface area contributed by atoms with Crippen LogP contribution < -0.4 is 10.6 Å². The van der Waals surface area contributed by atoms with Gasteiger partial charge in [-0.3, -0.25) is 4.79 Å². The number of carbonyl (C=O) groups is 1. The third-order valence-electron chi connectivity index (χ3n) is 6.66. The summed E-state index contributed by atoms with van der Waals surface area (Å²) in [5.41, 5.74) is 2.96. The van der Waals surface area contributed by atoms with Crippen molar-refractivity contribution < 1.29 is 9.53 Å². The Morgan fingerprint density at radius 2 is 1.90 bits per heavy atom. The number of ether oxygens (including phenoxy) is 1. The maximum Gasteiger partial charge on any atom is 0.243 e. The van der Waals surface area contributed by atoms with E-state index in [0.29, 0.717) is 12.1 Å². The normalized spacial score (nSPS) is 24.8. The minimum atomic E-state index is 0. The van der Waals surface area contributed by atoms with Gasteiger partial charge in [0.1, 0.15) is 6.54 Å². The van der Waals surface area contributed by atoms with Gasteiger partial charge < -0.3 is 20.3 Å². The average molecular weight is 526 g/mol. The van der Waals surface area contributed by atoms with Crippen LogP contribution in [0.3, 0.4) is 0 Å². The first kappa shape index (κ1) is 23.3. The molecule has 1 spiro atoms. The van der Waals surface area contributed by atoms with Crippen LogP contribution >= 0.6 is 24.0 Å². The zero-order valence-corrected chi connectivity index (χ0v) is 20.5. The summed E-state index contributed by atoms with van der Waals surface area (Å²) in [5.74, 6) is 0.786. The van der Waals surface area contributed by atoms with Gasteiger partial charge in [0, 0.05) is 32.8 Å². The van der Waals surface area contributed by atoms with Gasteiger partial charge in [-0.2, -0.15) is 0 Å². The molecule has 1 amide bonds. The number of nitrogens with one attached hydrogen (secondary N) is 2. The van der Waals surface area contributed by atoms with Gasteiger partial charge >= 0.3 is 0 Å². The number of benzene rings is 1. The fraction of sp³-hybridized carbons (Fsp3) is 0.652. The van der Waals surface area contributed by atoms with Crippen LogP contribution in [0.1, 0.15) is 49.7 Å². The highest BCUT2D eigenvalue weighted by molar-refractivity contribution is 14.0. The molecule has 1 saturated carbocycles. The summed E-state index contributed by atoms with van der Waals surface area (Å²) in [6.07, 6.45) is 8.78. The SMILES string of the molecule is CN(C)C(=O)CN=C(NC1CCc2ccccc2C1)NC1CCOC2(CCC2)C1.I. The molecule has 1 aliphatic heterocycles. The van der Waals surface area contributed by atoms with Crippen LogP contribution in [0.5, 0.6) is 0 Å². The second-order valence-corrected chi connectivity index (χ2v) is 9.02. The van der Waals surface area contributed by atoms with E-state index in [-0.39, 0.29) is 42.0 Å². The second kappa shape index (κ2) is 10.3. The first-order valence-corrected chi connectivity index (χ1v) is 11.0. The highest BCUT2D eigenvalue weighted by Crippen LogP contribution is 2.42. The summed E-state index contributed by atoms with van der Waals surface area (Å²) in [5, 5.41) is 7.26. The van der Waals surface area contributed by atoms with Gasteiger partial charge in [-0.05, 0) is 62.5 Å². The Balaban J connectivity index is 0.00000256. The van der Waals surface area contributed by atoms with Crippen molar-refractivity contribution in [3.05, 3.63) is 35.4 Å². The van der Waals surface area contributed by atoms with Crippen LogP contribution in [-0.2, 0) is 22.4 Å². The summed E-state index contributed by atoms with van der Waals surface area (Å²) < 4.78 is 6.07. The van der Waals surface area contributed by atoms with Crippen molar-refractivity contribution in [2.45, 2.75) is 69.1 Å². The second-order valence-electron chi connectivity index (χ2n) is 9.02. The molecule has 1 aromatic rings. The molecule has 0 aromatic heterocycles. The highest BCUT2D eigenvalue weighted by atomic mass is 127. The quantitative estimate of drug-likeness (QED) is 0.360. The van der Waals surface area contributed by atoms with Crippen molar-refractivity contribution in [3.63, 3.8) is 0 Å². The molecular formula is C23H35IN4O2. The highest BCUT2D eigenvalue weighted by Gasteiger charge is 2.42. The first-order chi connectivity index (χ1) is 14.0. The fourth-order valence-corrected chi connectivity index (χ4v) is 4.70. The number of fused-ring (bicyclic) bond motifs is 1. The summed E-state index contributed by atoms with van der Waals surface area (Å²) in [7, 11) is 3.55. The number of nitrogens with zero attached hydrogens (tertiary/aromatic N) is 2. The van der Waals surface area contributed by atoms with Crippen molar-refractivity contribution in [2.75, 3.05) is 27.2 Å². The van der Waals surface area contributed by atoms with Crippen LogP contribution in [0.15, 0.2) is 29.3 Å². The van der Waals surface area contributed by atoms with E-state index in [1.54, 1.807) is 19.0 Å². The summed E-state index contributed by atoms with van der Waals surface area (Å²) in [6, 6.07) is 9.37. The Bertz CT molecular complexity index is 763. The van der Waals surface area contributed by atoms with Gasteiger partial charge in [-0.15, -0.1) is 24.0 Å². The van der Waals surface area contributed by atoms with Crippen molar-refractivity contribution in [2.24, 2.45) is 4.99 Å². The maximum atomic E-state index is 12.1. The number of hydrogen-bond donors (Lipinski definition) is 2. The number of aryl methyl sites for hydroxylation is 1. The number of aliphatic imine (C=N–C) groups is 1. The van der Waals surface area contributed by atoms with Crippen LogP contribution in [0.4, 0.5) is 0 Å². The molecule has 166 valence electrons. The number of hydrogen-bond acceptors (Lipinski definition) is 3. The topological polar surface area (TPSA) is 66.0 Å². The predicted molar refractivity (Wildman–Crippen MR) is 130 cm³/mol. The Labute approximate surface area is 197 Å². The van der Waals surface area contributed by atoms with Gasteiger partial charge in [-0.1, -0.05) is 24.3 Å². The number of likely N-dealkylation sites (N-methyl/N-ethyl adjacent to an activating group) is 1. The number of carbonyl (C=O) groups excluding carboxylic acids is 1. The largest absolute Gasteiger partial charge is 0.375 e. The van der Waals surface area contributed by atoms with Crippen molar-refractivity contribution in [1.82, 2.24) is 15.5 Å². The average Bonchev–Trinajstić information content (AvgIpc) is 2.70. The Morgan fingerprint density at radius 3 is 2.60 bits per heavy atom. The zero-order chi connectivity index (χ0) is 20.3. The maximum absolute atomic E-state index is 12.1. The molecule has 4 rings (SSSR count). The van der Waals surface area contributed by atoms with E-state index in [4.69, 9.17) is 4.74 Å². The van der Waals surface area contributed by atoms with Crippen LogP contribution in [0, 0.1) is 0 Å². The third kappa shape index (κ3) is 5.66. The van der Waals surface area contributed by atoms with Crippen LogP contribution in [0.25, 0.3) is 0 Å². The van der Waals surface area contributed by atoms with Gasteiger partial charge in [0.2, 0.25) is 5.91 Å². The lowest BCUT2D eigenvalue weighted by molar-refractivity contribution is -0.134.